The number of carbonyl (C=O) groups is 1. The van der Waals surface area contributed by atoms with Crippen LogP contribution in [0.15, 0.2) is 18.2 Å². The summed E-state index contributed by atoms with van der Waals surface area (Å²) in [5.74, 6) is 0.317. The summed E-state index contributed by atoms with van der Waals surface area (Å²) in [6, 6.07) is 5.07. The number of hydrogen-bond acceptors (Lipinski definition) is 4. The predicted molar refractivity (Wildman–Crippen MR) is 50.2 cm³/mol. The second kappa shape index (κ2) is 3.31. The summed E-state index contributed by atoms with van der Waals surface area (Å²) in [5, 5.41) is 0. The highest BCUT2D eigenvalue weighted by Crippen LogP contribution is 2.31. The van der Waals surface area contributed by atoms with E-state index in [0.29, 0.717) is 17.9 Å². The maximum absolute atomic E-state index is 11.2. The number of nitrogens with two attached hydrogens (primary N) is 1. The van der Waals surface area contributed by atoms with Gasteiger partial charge in [0.25, 0.3) is 0 Å². The van der Waals surface area contributed by atoms with Crippen molar-refractivity contribution in [1.82, 2.24) is 0 Å². The Balaban J connectivity index is 2.37. The van der Waals surface area contributed by atoms with Gasteiger partial charge in [0.2, 0.25) is 0 Å². The fourth-order valence-electron chi connectivity index (χ4n) is 1.48. The van der Waals surface area contributed by atoms with Crippen molar-refractivity contribution in [3.63, 3.8) is 0 Å². The predicted octanol–water partition coefficient (Wildman–Crippen LogP) is 0.865. The van der Waals surface area contributed by atoms with Crippen LogP contribution in [0.25, 0.3) is 0 Å². The summed E-state index contributed by atoms with van der Waals surface area (Å²) in [6.07, 6.45) is 0. The first-order chi connectivity index (χ1) is 6.72. The third kappa shape index (κ3) is 1.33. The highest BCUT2D eigenvalue weighted by molar-refractivity contribution is 5.90. The van der Waals surface area contributed by atoms with E-state index in [9.17, 15) is 4.79 Å². The van der Waals surface area contributed by atoms with Gasteiger partial charge < -0.3 is 15.2 Å². The summed E-state index contributed by atoms with van der Waals surface area (Å²) >= 11 is 0. The van der Waals surface area contributed by atoms with Crippen LogP contribution in [0.2, 0.25) is 0 Å². The molecule has 2 N–H and O–H groups in total. The zero-order valence-electron chi connectivity index (χ0n) is 7.82. The van der Waals surface area contributed by atoms with Crippen LogP contribution in [0.4, 0.5) is 0 Å². The molecule has 0 bridgehead atoms. The third-order valence-electron chi connectivity index (χ3n) is 2.25. The maximum Gasteiger partial charge on any atom is 0.337 e. The van der Waals surface area contributed by atoms with Crippen LogP contribution < -0.4 is 10.5 Å². The number of methoxy groups -OCH3 is 1. The van der Waals surface area contributed by atoms with Crippen LogP contribution >= 0.6 is 0 Å². The largest absolute Gasteiger partial charge is 0.491 e. The molecule has 14 heavy (non-hydrogen) atoms. The maximum atomic E-state index is 11.2. The van der Waals surface area contributed by atoms with Crippen LogP contribution in [-0.2, 0) is 4.74 Å². The van der Waals surface area contributed by atoms with Gasteiger partial charge in [-0.25, -0.2) is 4.79 Å². The number of esters is 1. The Bertz CT molecular complexity index is 376. The van der Waals surface area contributed by atoms with Gasteiger partial charge in [-0.3, -0.25) is 0 Å². The number of ether oxygens (including phenoxy) is 2. The Hall–Kier alpha value is -1.55. The fraction of sp³-hybridized carbons (Fsp3) is 0.300. The summed E-state index contributed by atoms with van der Waals surface area (Å²) in [6.45, 7) is 0.472. The van der Waals surface area contributed by atoms with Crippen molar-refractivity contribution in [2.45, 2.75) is 6.04 Å². The first-order valence-electron chi connectivity index (χ1n) is 4.33. The van der Waals surface area contributed by atoms with Crippen molar-refractivity contribution >= 4 is 5.97 Å². The molecule has 0 amide bonds. The van der Waals surface area contributed by atoms with Crippen LogP contribution in [0.5, 0.6) is 5.75 Å². The molecule has 0 aromatic heterocycles. The molecular weight excluding hydrogens is 182 g/mol. The lowest BCUT2D eigenvalue weighted by atomic mass is 10.1. The first kappa shape index (κ1) is 9.02. The SMILES string of the molecule is COC(=O)c1ccc2c(c1)OCC2N. The molecule has 1 aliphatic heterocycles. The minimum absolute atomic E-state index is 0.0864. The van der Waals surface area contributed by atoms with Gasteiger partial charge in [-0.1, -0.05) is 6.07 Å². The number of rotatable bonds is 1. The Morgan fingerprint density at radius 1 is 1.64 bits per heavy atom. The Labute approximate surface area is 81.6 Å². The van der Waals surface area contributed by atoms with Crippen LogP contribution in [0, 0.1) is 0 Å². The highest BCUT2D eigenvalue weighted by Gasteiger charge is 2.21. The zero-order chi connectivity index (χ0) is 10.1. The molecule has 4 nitrogen and oxygen atoms in total. The molecule has 1 aromatic carbocycles. The van der Waals surface area contributed by atoms with Gasteiger partial charge in [0.1, 0.15) is 12.4 Å². The van der Waals surface area contributed by atoms with Gasteiger partial charge in [-0.15, -0.1) is 0 Å². The molecule has 1 atom stereocenters. The van der Waals surface area contributed by atoms with Crippen LogP contribution in [-0.4, -0.2) is 19.7 Å². The normalized spacial score (nSPS) is 18.6. The van der Waals surface area contributed by atoms with Gasteiger partial charge in [0.15, 0.2) is 0 Å². The minimum Gasteiger partial charge on any atom is -0.491 e. The van der Waals surface area contributed by atoms with Gasteiger partial charge in [-0.2, -0.15) is 0 Å². The molecule has 74 valence electrons. The number of hydrogen-bond donors (Lipinski definition) is 1. The molecule has 0 fully saturated rings. The fourth-order valence-corrected chi connectivity index (χ4v) is 1.48. The van der Waals surface area contributed by atoms with Gasteiger partial charge in [0, 0.05) is 5.56 Å². The van der Waals surface area contributed by atoms with Crippen LogP contribution in [0.1, 0.15) is 22.0 Å². The molecule has 1 unspecified atom stereocenters. The van der Waals surface area contributed by atoms with E-state index in [4.69, 9.17) is 10.5 Å². The molecule has 0 saturated carbocycles. The number of benzene rings is 1. The minimum atomic E-state index is -0.364. The summed E-state index contributed by atoms with van der Waals surface area (Å²) in [5.41, 5.74) is 7.19. The Morgan fingerprint density at radius 2 is 2.43 bits per heavy atom. The zero-order valence-corrected chi connectivity index (χ0v) is 7.82. The molecule has 0 saturated heterocycles. The highest BCUT2D eigenvalue weighted by atomic mass is 16.5. The van der Waals surface area contributed by atoms with E-state index in [1.807, 2.05) is 0 Å². The molecule has 4 heteroatoms. The molecule has 1 heterocycles. The molecule has 0 radical (unpaired) electrons. The monoisotopic (exact) mass is 193 g/mol. The van der Waals surface area contributed by atoms with Crippen LogP contribution in [0.3, 0.4) is 0 Å². The lowest BCUT2D eigenvalue weighted by molar-refractivity contribution is 0.0600. The summed E-state index contributed by atoms with van der Waals surface area (Å²) in [4.78, 5) is 11.2. The van der Waals surface area contributed by atoms with Gasteiger partial charge in [-0.05, 0) is 12.1 Å². The van der Waals surface area contributed by atoms with E-state index in [0.717, 1.165) is 5.56 Å². The van der Waals surface area contributed by atoms with Crippen molar-refractivity contribution in [3.05, 3.63) is 29.3 Å². The van der Waals surface area contributed by atoms with Crippen molar-refractivity contribution in [3.8, 4) is 5.75 Å². The Morgan fingerprint density at radius 3 is 3.14 bits per heavy atom. The average Bonchev–Trinajstić information content (AvgIpc) is 2.59. The smallest absolute Gasteiger partial charge is 0.337 e. The van der Waals surface area contributed by atoms with E-state index in [2.05, 4.69) is 4.74 Å². The molecule has 1 aromatic rings. The van der Waals surface area contributed by atoms with E-state index in [1.165, 1.54) is 7.11 Å². The molecule has 0 spiro atoms. The van der Waals surface area contributed by atoms with E-state index in [-0.39, 0.29) is 12.0 Å². The second-order valence-electron chi connectivity index (χ2n) is 3.16. The number of fused-ring (bicyclic) bond motifs is 1. The van der Waals surface area contributed by atoms with Crippen molar-refractivity contribution in [1.29, 1.82) is 0 Å². The van der Waals surface area contributed by atoms with Gasteiger partial charge >= 0.3 is 5.97 Å². The van der Waals surface area contributed by atoms with E-state index < -0.39 is 0 Å². The summed E-state index contributed by atoms with van der Waals surface area (Å²) < 4.78 is 9.91. The average molecular weight is 193 g/mol. The number of carbonyl (C=O) groups excluding carboxylic acids is 1. The van der Waals surface area contributed by atoms with Crippen molar-refractivity contribution in [2.75, 3.05) is 13.7 Å². The third-order valence-corrected chi connectivity index (χ3v) is 2.25. The summed E-state index contributed by atoms with van der Waals surface area (Å²) in [7, 11) is 1.35. The molecule has 2 rings (SSSR count). The quantitative estimate of drug-likeness (QED) is 0.672. The lowest BCUT2D eigenvalue weighted by Crippen LogP contribution is -2.10. The standard InChI is InChI=1S/C10H11NO3/c1-13-10(12)6-2-3-7-8(11)5-14-9(7)4-6/h2-4,8H,5,11H2,1H3. The molecular formula is C10H11NO3. The van der Waals surface area contributed by atoms with Crippen molar-refractivity contribution in [2.24, 2.45) is 5.73 Å². The second-order valence-corrected chi connectivity index (χ2v) is 3.16. The lowest BCUT2D eigenvalue weighted by Gasteiger charge is -2.02. The Kier molecular flexibility index (Phi) is 2.13. The molecule has 0 aliphatic carbocycles. The van der Waals surface area contributed by atoms with E-state index >= 15 is 0 Å². The topological polar surface area (TPSA) is 61.5 Å². The van der Waals surface area contributed by atoms with Gasteiger partial charge in [0.05, 0.1) is 18.7 Å². The van der Waals surface area contributed by atoms with Crippen molar-refractivity contribution < 1.29 is 14.3 Å². The van der Waals surface area contributed by atoms with E-state index in [1.54, 1.807) is 18.2 Å². The first-order valence-corrected chi connectivity index (χ1v) is 4.33. The molecule has 1 aliphatic rings.